The van der Waals surface area contributed by atoms with Crippen LogP contribution in [0.1, 0.15) is 11.3 Å². The summed E-state index contributed by atoms with van der Waals surface area (Å²) in [4.78, 5) is 0. The highest BCUT2D eigenvalue weighted by molar-refractivity contribution is 9.10. The Morgan fingerprint density at radius 1 is 1.29 bits per heavy atom. The summed E-state index contributed by atoms with van der Waals surface area (Å²) in [6, 6.07) is 8.04. The van der Waals surface area contributed by atoms with Crippen molar-refractivity contribution in [2.45, 2.75) is 13.0 Å². The van der Waals surface area contributed by atoms with Gasteiger partial charge in [-0.15, -0.1) is 0 Å². The highest BCUT2D eigenvalue weighted by Gasteiger charge is 2.20. The van der Waals surface area contributed by atoms with E-state index in [-0.39, 0.29) is 0 Å². The van der Waals surface area contributed by atoms with E-state index in [1.165, 1.54) is 0 Å². The Hall–Kier alpha value is -1.33. The topological polar surface area (TPSA) is 53.1 Å². The molecule has 1 aromatic carbocycles. The zero-order valence-electron chi connectivity index (χ0n) is 9.19. The molecule has 2 N–H and O–H groups in total. The Kier molecular flexibility index (Phi) is 2.64. The van der Waals surface area contributed by atoms with Gasteiger partial charge < -0.3 is 10.5 Å². The minimum absolute atomic E-state index is 0.567. The van der Waals surface area contributed by atoms with Crippen molar-refractivity contribution in [2.75, 3.05) is 12.3 Å². The molecule has 0 aliphatic carbocycles. The van der Waals surface area contributed by atoms with Crippen LogP contribution in [0.4, 0.5) is 5.82 Å². The number of nitrogens with zero attached hydrogens (tertiary/aromatic N) is 2. The number of aromatic nitrogens is 2. The van der Waals surface area contributed by atoms with E-state index in [1.807, 2.05) is 28.9 Å². The lowest BCUT2D eigenvalue weighted by Crippen LogP contribution is -2.13. The smallest absolute Gasteiger partial charge is 0.151 e. The van der Waals surface area contributed by atoms with Gasteiger partial charge in [0, 0.05) is 16.5 Å². The van der Waals surface area contributed by atoms with Crippen LogP contribution in [0.25, 0.3) is 5.69 Å². The molecular weight excluding hydrogens is 282 g/mol. The van der Waals surface area contributed by atoms with E-state index in [0.29, 0.717) is 12.4 Å². The Labute approximate surface area is 108 Å². The molecule has 0 saturated heterocycles. The number of anilines is 1. The van der Waals surface area contributed by atoms with Crippen molar-refractivity contribution >= 4 is 21.7 Å². The summed E-state index contributed by atoms with van der Waals surface area (Å²) in [6.07, 6.45) is 0.857. The van der Waals surface area contributed by atoms with Gasteiger partial charge in [-0.05, 0) is 24.3 Å². The molecule has 1 aliphatic rings. The van der Waals surface area contributed by atoms with Gasteiger partial charge in [0.15, 0.2) is 5.82 Å². The lowest BCUT2D eigenvalue weighted by molar-refractivity contribution is 0.110. The molecule has 5 heteroatoms. The zero-order chi connectivity index (χ0) is 11.8. The van der Waals surface area contributed by atoms with Crippen molar-refractivity contribution in [1.29, 1.82) is 0 Å². The molecule has 3 rings (SSSR count). The van der Waals surface area contributed by atoms with Crippen molar-refractivity contribution in [3.8, 4) is 5.69 Å². The quantitative estimate of drug-likeness (QED) is 0.878. The highest BCUT2D eigenvalue weighted by atomic mass is 79.9. The minimum atomic E-state index is 0.567. The molecule has 1 aromatic heterocycles. The van der Waals surface area contributed by atoms with Crippen molar-refractivity contribution in [2.24, 2.45) is 0 Å². The first-order chi connectivity index (χ1) is 8.25. The number of rotatable bonds is 1. The molecule has 4 nitrogen and oxygen atoms in total. The third-order valence-corrected chi connectivity index (χ3v) is 3.45. The molecule has 0 spiro atoms. The van der Waals surface area contributed by atoms with E-state index in [4.69, 9.17) is 10.5 Å². The van der Waals surface area contributed by atoms with Crippen LogP contribution in [0.3, 0.4) is 0 Å². The van der Waals surface area contributed by atoms with E-state index >= 15 is 0 Å². The van der Waals surface area contributed by atoms with Crippen LogP contribution in [0.2, 0.25) is 0 Å². The Bertz CT molecular complexity index is 548. The Morgan fingerprint density at radius 3 is 2.82 bits per heavy atom. The summed E-state index contributed by atoms with van der Waals surface area (Å²) in [7, 11) is 0. The van der Waals surface area contributed by atoms with Gasteiger partial charge in [0.25, 0.3) is 0 Å². The maximum atomic E-state index is 5.91. The summed E-state index contributed by atoms with van der Waals surface area (Å²) >= 11 is 3.42. The summed E-state index contributed by atoms with van der Waals surface area (Å²) in [5.74, 6) is 0.572. The standard InChI is InChI=1S/C12H12BrN3O/c13-8-1-3-9(4-2-8)16-11-5-6-17-7-10(11)12(14)15-16/h1-4H,5-7H2,(H2,14,15). The fraction of sp³-hybridized carbons (Fsp3) is 0.250. The lowest BCUT2D eigenvalue weighted by Gasteiger charge is -2.14. The van der Waals surface area contributed by atoms with Crippen LogP contribution < -0.4 is 5.73 Å². The third-order valence-electron chi connectivity index (χ3n) is 2.92. The summed E-state index contributed by atoms with van der Waals surface area (Å²) < 4.78 is 8.37. The second-order valence-electron chi connectivity index (χ2n) is 4.00. The van der Waals surface area contributed by atoms with E-state index in [1.54, 1.807) is 0 Å². The first-order valence-corrected chi connectivity index (χ1v) is 6.25. The number of nitrogens with two attached hydrogens (primary N) is 1. The largest absolute Gasteiger partial charge is 0.382 e. The number of fused-ring (bicyclic) bond motifs is 1. The van der Waals surface area contributed by atoms with Crippen molar-refractivity contribution in [3.05, 3.63) is 40.0 Å². The highest BCUT2D eigenvalue weighted by Crippen LogP contribution is 2.25. The van der Waals surface area contributed by atoms with Crippen molar-refractivity contribution in [3.63, 3.8) is 0 Å². The molecule has 0 bridgehead atoms. The van der Waals surface area contributed by atoms with Crippen molar-refractivity contribution in [1.82, 2.24) is 9.78 Å². The van der Waals surface area contributed by atoms with E-state index < -0.39 is 0 Å². The van der Waals surface area contributed by atoms with Crippen LogP contribution in [0.15, 0.2) is 28.7 Å². The van der Waals surface area contributed by atoms with E-state index in [9.17, 15) is 0 Å². The maximum Gasteiger partial charge on any atom is 0.151 e. The fourth-order valence-corrected chi connectivity index (χ4v) is 2.32. The lowest BCUT2D eigenvalue weighted by atomic mass is 10.1. The van der Waals surface area contributed by atoms with Gasteiger partial charge in [0.1, 0.15) is 0 Å². The number of benzene rings is 1. The molecule has 0 amide bonds. The maximum absolute atomic E-state index is 5.91. The van der Waals surface area contributed by atoms with Gasteiger partial charge in [-0.2, -0.15) is 5.10 Å². The molecule has 0 atom stereocenters. The molecule has 0 unspecified atom stereocenters. The average molecular weight is 294 g/mol. The van der Waals surface area contributed by atoms with E-state index in [2.05, 4.69) is 21.0 Å². The van der Waals surface area contributed by atoms with Crippen molar-refractivity contribution < 1.29 is 4.74 Å². The molecular formula is C12H12BrN3O. The van der Waals surface area contributed by atoms with Crippen LogP contribution in [-0.2, 0) is 17.8 Å². The number of hydrogen-bond donors (Lipinski definition) is 1. The monoisotopic (exact) mass is 293 g/mol. The number of ether oxygens (including phenoxy) is 1. The molecule has 0 radical (unpaired) electrons. The number of halogens is 1. The van der Waals surface area contributed by atoms with Gasteiger partial charge in [0.05, 0.1) is 24.6 Å². The molecule has 1 aliphatic heterocycles. The van der Waals surface area contributed by atoms with Gasteiger partial charge in [-0.3, -0.25) is 0 Å². The Morgan fingerprint density at radius 2 is 2.06 bits per heavy atom. The van der Waals surface area contributed by atoms with Gasteiger partial charge in [-0.1, -0.05) is 15.9 Å². The molecule has 88 valence electrons. The van der Waals surface area contributed by atoms with Crippen LogP contribution in [0, 0.1) is 0 Å². The summed E-state index contributed by atoms with van der Waals surface area (Å²) in [5.41, 5.74) is 9.13. The van der Waals surface area contributed by atoms with E-state index in [0.717, 1.165) is 34.4 Å². The summed E-state index contributed by atoms with van der Waals surface area (Å²) in [5, 5.41) is 4.39. The molecule has 0 fully saturated rings. The predicted octanol–water partition coefficient (Wildman–Crippen LogP) is 2.29. The predicted molar refractivity (Wildman–Crippen MR) is 69.0 cm³/mol. The second-order valence-corrected chi connectivity index (χ2v) is 4.92. The fourth-order valence-electron chi connectivity index (χ4n) is 2.06. The SMILES string of the molecule is Nc1nn(-c2ccc(Br)cc2)c2c1COCC2. The molecule has 2 heterocycles. The molecule has 0 saturated carbocycles. The zero-order valence-corrected chi connectivity index (χ0v) is 10.8. The molecule has 2 aromatic rings. The first-order valence-electron chi connectivity index (χ1n) is 5.45. The minimum Gasteiger partial charge on any atom is -0.382 e. The van der Waals surface area contributed by atoms with Gasteiger partial charge >= 0.3 is 0 Å². The second kappa shape index (κ2) is 4.16. The van der Waals surface area contributed by atoms with Gasteiger partial charge in [0.2, 0.25) is 0 Å². The van der Waals surface area contributed by atoms with Crippen LogP contribution in [-0.4, -0.2) is 16.4 Å². The third kappa shape index (κ3) is 1.85. The average Bonchev–Trinajstić information content (AvgIpc) is 2.69. The normalized spacial score (nSPS) is 14.6. The van der Waals surface area contributed by atoms with Crippen LogP contribution >= 0.6 is 15.9 Å². The molecule has 17 heavy (non-hydrogen) atoms. The number of hydrogen-bond acceptors (Lipinski definition) is 3. The Balaban J connectivity index is 2.11. The first kappa shape index (κ1) is 10.8. The van der Waals surface area contributed by atoms with Gasteiger partial charge in [-0.25, -0.2) is 4.68 Å². The summed E-state index contributed by atoms with van der Waals surface area (Å²) in [6.45, 7) is 1.30. The number of nitrogen functional groups attached to an aromatic ring is 1. The van der Waals surface area contributed by atoms with Crippen LogP contribution in [0.5, 0.6) is 0 Å².